The van der Waals surface area contributed by atoms with Crippen LogP contribution in [0.2, 0.25) is 0 Å². The monoisotopic (exact) mass is 384 g/mol. The van der Waals surface area contributed by atoms with Gasteiger partial charge in [0.05, 0.1) is 10.5 Å². The van der Waals surface area contributed by atoms with E-state index in [1.54, 1.807) is 0 Å². The Kier molecular flexibility index (Phi) is 5.96. The lowest BCUT2D eigenvalue weighted by atomic mass is 10.2. The first-order valence-electron chi connectivity index (χ1n) is 7.21. The molecule has 0 aliphatic carbocycles. The van der Waals surface area contributed by atoms with Crippen molar-refractivity contribution in [1.82, 2.24) is 0 Å². The van der Waals surface area contributed by atoms with Gasteiger partial charge in [-0.15, -0.1) is 13.2 Å². The normalized spacial score (nSPS) is 10.8. The number of benzene rings is 2. The molecule has 8 nitrogen and oxygen atoms in total. The molecular formula is C16H11F3N2O6. The number of nitro benzene ring substituents is 1. The highest BCUT2D eigenvalue weighted by molar-refractivity contribution is 5.95. The standard InChI is InChI=1S/C16H11F3N2O6/c17-16(18,19)27-13-6-4-11(5-7-13)20-14(22)9-26-15(23)10-2-1-3-12(8-10)21(24)25/h1-8H,9H2,(H,20,22). The molecule has 0 atom stereocenters. The Hall–Kier alpha value is -3.63. The van der Waals surface area contributed by atoms with Crippen LogP contribution in [0.3, 0.4) is 0 Å². The Morgan fingerprint density at radius 2 is 1.78 bits per heavy atom. The Labute approximate surface area is 149 Å². The number of amides is 1. The summed E-state index contributed by atoms with van der Waals surface area (Å²) in [5.41, 5.74) is -0.262. The van der Waals surface area contributed by atoms with E-state index in [0.29, 0.717) is 0 Å². The maximum absolute atomic E-state index is 12.1. The van der Waals surface area contributed by atoms with E-state index in [4.69, 9.17) is 4.74 Å². The minimum absolute atomic E-state index is 0.106. The zero-order chi connectivity index (χ0) is 20.0. The highest BCUT2D eigenvalue weighted by Gasteiger charge is 2.30. The molecule has 11 heteroatoms. The van der Waals surface area contributed by atoms with Crippen molar-refractivity contribution in [2.24, 2.45) is 0 Å². The van der Waals surface area contributed by atoms with Crippen molar-refractivity contribution in [3.63, 3.8) is 0 Å². The summed E-state index contributed by atoms with van der Waals surface area (Å²) in [4.78, 5) is 33.5. The topological polar surface area (TPSA) is 108 Å². The molecule has 2 aromatic carbocycles. The predicted octanol–water partition coefficient (Wildman–Crippen LogP) is 3.29. The van der Waals surface area contributed by atoms with Crippen molar-refractivity contribution < 1.29 is 37.2 Å². The van der Waals surface area contributed by atoms with Crippen LogP contribution >= 0.6 is 0 Å². The molecule has 2 aromatic rings. The molecule has 1 N–H and O–H groups in total. The van der Waals surface area contributed by atoms with Gasteiger partial charge in [-0.25, -0.2) is 4.79 Å². The number of carbonyl (C=O) groups excluding carboxylic acids is 2. The maximum atomic E-state index is 12.1. The first kappa shape index (κ1) is 19.7. The number of halogens is 3. The largest absolute Gasteiger partial charge is 0.573 e. The van der Waals surface area contributed by atoms with E-state index in [-0.39, 0.29) is 16.9 Å². The second-order valence-electron chi connectivity index (χ2n) is 5.00. The molecule has 0 saturated carbocycles. The number of anilines is 1. The molecule has 0 bridgehead atoms. The van der Waals surface area contributed by atoms with E-state index in [0.717, 1.165) is 18.2 Å². The molecule has 0 unspecified atom stereocenters. The molecule has 0 heterocycles. The third kappa shape index (κ3) is 6.30. The van der Waals surface area contributed by atoms with Crippen LogP contribution in [0, 0.1) is 10.1 Å². The average molecular weight is 384 g/mol. The van der Waals surface area contributed by atoms with Gasteiger partial charge in [-0.05, 0) is 30.3 Å². The van der Waals surface area contributed by atoms with Crippen LogP contribution in [0.4, 0.5) is 24.5 Å². The fourth-order valence-corrected chi connectivity index (χ4v) is 1.90. The van der Waals surface area contributed by atoms with Gasteiger partial charge in [0.2, 0.25) is 0 Å². The number of nitro groups is 1. The lowest BCUT2D eigenvalue weighted by Gasteiger charge is -2.10. The van der Waals surface area contributed by atoms with Gasteiger partial charge in [-0.2, -0.15) is 0 Å². The SMILES string of the molecule is O=C(COC(=O)c1cccc([N+](=O)[O-])c1)Nc1ccc(OC(F)(F)F)cc1. The summed E-state index contributed by atoms with van der Waals surface area (Å²) in [6.07, 6.45) is -4.83. The van der Waals surface area contributed by atoms with E-state index in [2.05, 4.69) is 10.1 Å². The Bertz CT molecular complexity index is 852. The fourth-order valence-electron chi connectivity index (χ4n) is 1.90. The molecule has 0 aromatic heterocycles. The lowest BCUT2D eigenvalue weighted by Crippen LogP contribution is -2.21. The van der Waals surface area contributed by atoms with Crippen LogP contribution < -0.4 is 10.1 Å². The lowest BCUT2D eigenvalue weighted by molar-refractivity contribution is -0.384. The highest BCUT2D eigenvalue weighted by Crippen LogP contribution is 2.24. The molecule has 142 valence electrons. The quantitative estimate of drug-likeness (QED) is 0.465. The van der Waals surface area contributed by atoms with Gasteiger partial charge in [0.15, 0.2) is 6.61 Å². The van der Waals surface area contributed by atoms with Crippen LogP contribution in [0.1, 0.15) is 10.4 Å². The Morgan fingerprint density at radius 1 is 1.11 bits per heavy atom. The maximum Gasteiger partial charge on any atom is 0.573 e. The summed E-state index contributed by atoms with van der Waals surface area (Å²) >= 11 is 0. The summed E-state index contributed by atoms with van der Waals surface area (Å²) < 4.78 is 44.6. The van der Waals surface area contributed by atoms with Gasteiger partial charge in [-0.1, -0.05) is 6.07 Å². The number of nitrogens with one attached hydrogen (secondary N) is 1. The number of carbonyl (C=O) groups is 2. The number of nitrogens with zero attached hydrogens (tertiary/aromatic N) is 1. The number of hydrogen-bond acceptors (Lipinski definition) is 6. The van der Waals surface area contributed by atoms with Gasteiger partial charge in [-0.3, -0.25) is 14.9 Å². The minimum Gasteiger partial charge on any atom is -0.452 e. The van der Waals surface area contributed by atoms with E-state index in [1.165, 1.54) is 30.3 Å². The summed E-state index contributed by atoms with van der Waals surface area (Å²) in [6.45, 7) is -0.692. The van der Waals surface area contributed by atoms with Crippen molar-refractivity contribution in [1.29, 1.82) is 0 Å². The molecule has 1 amide bonds. The third-order valence-corrected chi connectivity index (χ3v) is 3.00. The van der Waals surface area contributed by atoms with Gasteiger partial charge >= 0.3 is 12.3 Å². The predicted molar refractivity (Wildman–Crippen MR) is 85.1 cm³/mol. The van der Waals surface area contributed by atoms with Crippen molar-refractivity contribution in [3.05, 3.63) is 64.2 Å². The third-order valence-electron chi connectivity index (χ3n) is 3.00. The zero-order valence-corrected chi connectivity index (χ0v) is 13.4. The number of rotatable bonds is 6. The molecule has 0 fully saturated rings. The molecule has 0 saturated heterocycles. The number of esters is 1. The first-order valence-corrected chi connectivity index (χ1v) is 7.21. The van der Waals surface area contributed by atoms with Crippen LogP contribution in [0.15, 0.2) is 48.5 Å². The summed E-state index contributed by atoms with van der Waals surface area (Å²) in [6, 6.07) is 9.10. The van der Waals surface area contributed by atoms with E-state index in [1.807, 2.05) is 0 Å². The van der Waals surface area contributed by atoms with Crippen molar-refractivity contribution in [2.45, 2.75) is 6.36 Å². The number of non-ortho nitro benzene ring substituents is 1. The van der Waals surface area contributed by atoms with E-state index < -0.39 is 35.5 Å². The van der Waals surface area contributed by atoms with E-state index >= 15 is 0 Å². The molecule has 0 aliphatic heterocycles. The zero-order valence-electron chi connectivity index (χ0n) is 13.4. The van der Waals surface area contributed by atoms with Gasteiger partial charge in [0.25, 0.3) is 11.6 Å². The van der Waals surface area contributed by atoms with Crippen molar-refractivity contribution >= 4 is 23.3 Å². The highest BCUT2D eigenvalue weighted by atomic mass is 19.4. The summed E-state index contributed by atoms with van der Waals surface area (Å²) in [5.74, 6) is -2.15. The first-order chi connectivity index (χ1) is 12.6. The summed E-state index contributed by atoms with van der Waals surface area (Å²) in [5, 5.41) is 13.0. The second-order valence-corrected chi connectivity index (χ2v) is 5.00. The number of hydrogen-bond donors (Lipinski definition) is 1. The Morgan fingerprint density at radius 3 is 2.37 bits per heavy atom. The Balaban J connectivity index is 1.88. The van der Waals surface area contributed by atoms with Crippen LogP contribution in [-0.4, -0.2) is 29.8 Å². The second kappa shape index (κ2) is 8.17. The van der Waals surface area contributed by atoms with E-state index in [9.17, 15) is 32.9 Å². The van der Waals surface area contributed by atoms with Crippen molar-refractivity contribution in [2.75, 3.05) is 11.9 Å². The molecular weight excluding hydrogens is 373 g/mol. The van der Waals surface area contributed by atoms with Gasteiger partial charge in [0, 0.05) is 17.8 Å². The van der Waals surface area contributed by atoms with Crippen LogP contribution in [0.25, 0.3) is 0 Å². The van der Waals surface area contributed by atoms with Gasteiger partial charge in [0.1, 0.15) is 5.75 Å². The molecule has 0 aliphatic rings. The molecule has 27 heavy (non-hydrogen) atoms. The van der Waals surface area contributed by atoms with Gasteiger partial charge < -0.3 is 14.8 Å². The smallest absolute Gasteiger partial charge is 0.452 e. The van der Waals surface area contributed by atoms with Crippen LogP contribution in [-0.2, 0) is 9.53 Å². The fraction of sp³-hybridized carbons (Fsp3) is 0.125. The minimum atomic E-state index is -4.83. The summed E-state index contributed by atoms with van der Waals surface area (Å²) in [7, 11) is 0. The molecule has 0 radical (unpaired) electrons. The molecule has 2 rings (SSSR count). The van der Waals surface area contributed by atoms with Crippen LogP contribution in [0.5, 0.6) is 5.75 Å². The average Bonchev–Trinajstić information content (AvgIpc) is 2.60. The number of alkyl halides is 3. The number of ether oxygens (including phenoxy) is 2. The van der Waals surface area contributed by atoms with Crippen molar-refractivity contribution in [3.8, 4) is 5.75 Å². The molecule has 0 spiro atoms.